The highest BCUT2D eigenvalue weighted by atomic mass is 14.9. The molecular weight excluding hydrogens is 338 g/mol. The molecule has 0 saturated carbocycles. The molecule has 28 heavy (non-hydrogen) atoms. The summed E-state index contributed by atoms with van der Waals surface area (Å²) in [5.74, 6) is 0. The number of benzene rings is 4. The van der Waals surface area contributed by atoms with Crippen LogP contribution in [0.15, 0.2) is 85.6 Å². The normalized spacial score (nSPS) is 11.4. The minimum atomic E-state index is 1.17. The minimum absolute atomic E-state index is 1.17. The molecule has 0 amide bonds. The van der Waals surface area contributed by atoms with Gasteiger partial charge in [-0.05, 0) is 57.5 Å². The molecule has 0 radical (unpaired) electrons. The summed E-state index contributed by atoms with van der Waals surface area (Å²) in [7, 11) is 2.13. The molecule has 5 rings (SSSR count). The highest BCUT2D eigenvalue weighted by Crippen LogP contribution is 2.39. The molecule has 0 N–H and O–H groups in total. The Morgan fingerprint density at radius 2 is 1.57 bits per heavy atom. The molecule has 1 heterocycles. The third-order valence-electron chi connectivity index (χ3n) is 5.83. The number of aromatic nitrogens is 1. The molecule has 1 heteroatoms. The summed E-state index contributed by atoms with van der Waals surface area (Å²) in [4.78, 5) is 0. The van der Waals surface area contributed by atoms with Crippen LogP contribution in [0.1, 0.15) is 11.1 Å². The summed E-state index contributed by atoms with van der Waals surface area (Å²) in [6, 6.07) is 26.2. The van der Waals surface area contributed by atoms with Gasteiger partial charge in [0.05, 0.1) is 10.8 Å². The van der Waals surface area contributed by atoms with E-state index in [1.54, 1.807) is 0 Å². The Bertz CT molecular complexity index is 1380. The van der Waals surface area contributed by atoms with Gasteiger partial charge < -0.3 is 0 Å². The Labute approximate surface area is 165 Å². The van der Waals surface area contributed by atoms with Gasteiger partial charge in [0.1, 0.15) is 7.05 Å². The quantitative estimate of drug-likeness (QED) is 0.190. The maximum Gasteiger partial charge on any atom is 0.221 e. The maximum atomic E-state index is 4.06. The number of pyridine rings is 1. The molecule has 0 saturated heterocycles. The van der Waals surface area contributed by atoms with Crippen molar-refractivity contribution in [3.8, 4) is 11.1 Å². The van der Waals surface area contributed by atoms with Gasteiger partial charge in [-0.3, -0.25) is 0 Å². The van der Waals surface area contributed by atoms with Crippen molar-refractivity contribution in [3.63, 3.8) is 0 Å². The standard InChI is InChI=1S/C27H22N/c1-4-19-14-15-28(3)27-24(19)17-23(20-10-6-5-7-11-20)25-16-21-12-8-9-13-22(21)18(2)26(25)27/h4-17H,1H2,2-3H3/q+1. The zero-order valence-corrected chi connectivity index (χ0v) is 16.2. The lowest BCUT2D eigenvalue weighted by atomic mass is 9.89. The second-order valence-corrected chi connectivity index (χ2v) is 7.42. The van der Waals surface area contributed by atoms with Crippen LogP contribution in [0.4, 0.5) is 0 Å². The Balaban J connectivity index is 2.11. The van der Waals surface area contributed by atoms with E-state index in [2.05, 4.69) is 104 Å². The van der Waals surface area contributed by atoms with Crippen molar-refractivity contribution < 1.29 is 4.57 Å². The van der Waals surface area contributed by atoms with Crippen molar-refractivity contribution in [1.29, 1.82) is 0 Å². The van der Waals surface area contributed by atoms with E-state index >= 15 is 0 Å². The lowest BCUT2D eigenvalue weighted by Crippen LogP contribution is -2.28. The molecular formula is C27H22N+. The average Bonchev–Trinajstić information content (AvgIpc) is 2.74. The summed E-state index contributed by atoms with van der Waals surface area (Å²) < 4.78 is 2.24. The molecule has 0 unspecified atom stereocenters. The number of hydrogen-bond donors (Lipinski definition) is 0. The zero-order chi connectivity index (χ0) is 19.3. The van der Waals surface area contributed by atoms with Gasteiger partial charge in [0.15, 0.2) is 6.20 Å². The first-order valence-corrected chi connectivity index (χ1v) is 9.64. The minimum Gasteiger partial charge on any atom is -0.200 e. The Morgan fingerprint density at radius 1 is 0.821 bits per heavy atom. The average molecular weight is 360 g/mol. The molecule has 5 aromatic rings. The van der Waals surface area contributed by atoms with E-state index in [0.29, 0.717) is 0 Å². The monoisotopic (exact) mass is 360 g/mol. The summed E-state index contributed by atoms with van der Waals surface area (Å²) >= 11 is 0. The van der Waals surface area contributed by atoms with Crippen molar-refractivity contribution in [2.75, 3.05) is 0 Å². The lowest BCUT2D eigenvalue weighted by molar-refractivity contribution is -0.644. The highest BCUT2D eigenvalue weighted by Gasteiger charge is 2.19. The van der Waals surface area contributed by atoms with Crippen LogP contribution in [-0.2, 0) is 7.05 Å². The van der Waals surface area contributed by atoms with Gasteiger partial charge in [-0.15, -0.1) is 0 Å². The molecule has 0 aliphatic carbocycles. The van der Waals surface area contributed by atoms with Gasteiger partial charge in [-0.2, -0.15) is 0 Å². The van der Waals surface area contributed by atoms with Crippen LogP contribution in [-0.4, -0.2) is 0 Å². The SMILES string of the molecule is C=Cc1cc[n+](C)c2c1cc(-c1ccccc1)c1cc3ccccc3c(C)c12. The number of aryl methyl sites for hydroxylation is 2. The van der Waals surface area contributed by atoms with Crippen LogP contribution < -0.4 is 4.57 Å². The topological polar surface area (TPSA) is 3.88 Å². The molecule has 0 atom stereocenters. The lowest BCUT2D eigenvalue weighted by Gasteiger charge is -2.15. The van der Waals surface area contributed by atoms with E-state index in [9.17, 15) is 0 Å². The number of hydrogen-bond acceptors (Lipinski definition) is 0. The molecule has 1 nitrogen and oxygen atoms in total. The molecule has 0 aliphatic heterocycles. The van der Waals surface area contributed by atoms with E-state index in [0.717, 1.165) is 0 Å². The van der Waals surface area contributed by atoms with Gasteiger partial charge in [-0.25, -0.2) is 4.57 Å². The van der Waals surface area contributed by atoms with Crippen LogP contribution in [0.2, 0.25) is 0 Å². The first-order chi connectivity index (χ1) is 13.7. The molecule has 4 aromatic carbocycles. The summed E-state index contributed by atoms with van der Waals surface area (Å²) in [6.45, 7) is 6.31. The largest absolute Gasteiger partial charge is 0.221 e. The van der Waals surface area contributed by atoms with Crippen LogP contribution in [0.25, 0.3) is 49.7 Å². The third kappa shape index (κ3) is 2.36. The number of nitrogens with zero attached hydrogens (tertiary/aromatic N) is 1. The van der Waals surface area contributed by atoms with Crippen LogP contribution in [0.3, 0.4) is 0 Å². The van der Waals surface area contributed by atoms with Crippen molar-refractivity contribution >= 4 is 38.5 Å². The van der Waals surface area contributed by atoms with E-state index in [4.69, 9.17) is 0 Å². The van der Waals surface area contributed by atoms with Crippen molar-refractivity contribution in [2.24, 2.45) is 7.05 Å². The van der Waals surface area contributed by atoms with E-state index in [-0.39, 0.29) is 0 Å². The summed E-state index contributed by atoms with van der Waals surface area (Å²) in [5, 5.41) is 6.45. The number of rotatable bonds is 2. The second-order valence-electron chi connectivity index (χ2n) is 7.42. The fraction of sp³-hybridized carbons (Fsp3) is 0.0741. The van der Waals surface area contributed by atoms with Crippen molar-refractivity contribution in [1.82, 2.24) is 0 Å². The van der Waals surface area contributed by atoms with Gasteiger partial charge in [0.2, 0.25) is 5.52 Å². The van der Waals surface area contributed by atoms with Crippen LogP contribution >= 0.6 is 0 Å². The van der Waals surface area contributed by atoms with Gasteiger partial charge in [0, 0.05) is 6.07 Å². The second kappa shape index (κ2) is 6.31. The van der Waals surface area contributed by atoms with Gasteiger partial charge in [0.25, 0.3) is 0 Å². The smallest absolute Gasteiger partial charge is 0.200 e. The van der Waals surface area contributed by atoms with E-state index in [1.807, 2.05) is 6.08 Å². The predicted molar refractivity (Wildman–Crippen MR) is 120 cm³/mol. The summed E-state index contributed by atoms with van der Waals surface area (Å²) in [6.07, 6.45) is 4.09. The maximum absolute atomic E-state index is 4.06. The van der Waals surface area contributed by atoms with Crippen molar-refractivity contribution in [2.45, 2.75) is 6.92 Å². The fourth-order valence-corrected chi connectivity index (χ4v) is 4.45. The van der Waals surface area contributed by atoms with Crippen molar-refractivity contribution in [3.05, 3.63) is 96.7 Å². The van der Waals surface area contributed by atoms with E-state index < -0.39 is 0 Å². The zero-order valence-electron chi connectivity index (χ0n) is 16.2. The highest BCUT2D eigenvalue weighted by molar-refractivity contribution is 6.18. The van der Waals surface area contributed by atoms with Crippen LogP contribution in [0, 0.1) is 6.92 Å². The number of fused-ring (bicyclic) bond motifs is 4. The van der Waals surface area contributed by atoms with Crippen LogP contribution in [0.5, 0.6) is 0 Å². The predicted octanol–water partition coefficient (Wildman–Crippen LogP) is 6.59. The molecule has 134 valence electrons. The molecule has 1 aromatic heterocycles. The third-order valence-corrected chi connectivity index (χ3v) is 5.83. The summed E-state index contributed by atoms with van der Waals surface area (Å²) in [5.41, 5.74) is 6.26. The van der Waals surface area contributed by atoms with Gasteiger partial charge >= 0.3 is 0 Å². The molecule has 0 spiro atoms. The van der Waals surface area contributed by atoms with Gasteiger partial charge in [-0.1, -0.05) is 67.3 Å². The Morgan fingerprint density at radius 3 is 2.36 bits per heavy atom. The Kier molecular flexibility index (Phi) is 3.77. The molecule has 0 fully saturated rings. The molecule has 0 bridgehead atoms. The Hall–Kier alpha value is -3.45. The first-order valence-electron chi connectivity index (χ1n) is 9.64. The fourth-order valence-electron chi connectivity index (χ4n) is 4.45. The van der Waals surface area contributed by atoms with E-state index in [1.165, 1.54) is 54.7 Å². The molecule has 0 aliphatic rings. The first kappa shape index (κ1) is 16.7.